The van der Waals surface area contributed by atoms with Crippen LogP contribution in [-0.2, 0) is 4.74 Å². The van der Waals surface area contributed by atoms with Gasteiger partial charge in [-0.05, 0) is 42.5 Å². The summed E-state index contributed by atoms with van der Waals surface area (Å²) in [7, 11) is 5.22. The van der Waals surface area contributed by atoms with Crippen molar-refractivity contribution in [3.63, 3.8) is 0 Å². The van der Waals surface area contributed by atoms with Crippen LogP contribution in [0.25, 0.3) is 0 Å². The van der Waals surface area contributed by atoms with E-state index in [4.69, 9.17) is 4.74 Å². The average Bonchev–Trinajstić information content (AvgIpc) is 2.74. The molecule has 3 aromatic rings. The fraction of sp³-hybridized carbons (Fsp3) is 0.143. The molecule has 2 aromatic carbocycles. The summed E-state index contributed by atoms with van der Waals surface area (Å²) in [5.41, 5.74) is 2.96. The minimum absolute atomic E-state index is 0.211. The van der Waals surface area contributed by atoms with Gasteiger partial charge in [-0.3, -0.25) is 4.79 Å². The summed E-state index contributed by atoms with van der Waals surface area (Å²) < 4.78 is 4.72. The third kappa shape index (κ3) is 5.07. The smallest absolute Gasteiger partial charge is 0.337 e. The first-order valence-electron chi connectivity index (χ1n) is 8.82. The minimum Gasteiger partial charge on any atom is -0.465 e. The Kier molecular flexibility index (Phi) is 6.03. The first kappa shape index (κ1) is 19.8. The second-order valence-corrected chi connectivity index (χ2v) is 6.38. The number of rotatable bonds is 6. The van der Waals surface area contributed by atoms with Gasteiger partial charge in [-0.1, -0.05) is 6.07 Å². The lowest BCUT2D eigenvalue weighted by atomic mass is 10.2. The fourth-order valence-corrected chi connectivity index (χ4v) is 2.58. The number of carbonyl (C=O) groups excluding carboxylic acids is 2. The van der Waals surface area contributed by atoms with Gasteiger partial charge in [0.1, 0.15) is 17.8 Å². The topological polar surface area (TPSA) is 96.4 Å². The fourth-order valence-electron chi connectivity index (χ4n) is 2.58. The number of esters is 1. The van der Waals surface area contributed by atoms with Crippen molar-refractivity contribution in [1.29, 1.82) is 0 Å². The number of benzene rings is 2. The Morgan fingerprint density at radius 2 is 1.72 bits per heavy atom. The number of aromatic nitrogens is 2. The molecular weight excluding hydrogens is 370 g/mol. The lowest BCUT2D eigenvalue weighted by molar-refractivity contribution is 0.0600. The van der Waals surface area contributed by atoms with Crippen molar-refractivity contribution in [2.75, 3.05) is 36.7 Å². The standard InChI is InChI=1S/C21H21N5O3/c1-26(2)17-9-7-15(8-10-17)25-20(27)18-12-19(23-13-22-18)24-16-6-4-5-14(11-16)21(28)29-3/h4-13H,1-3H3,(H,25,27)(H,22,23,24). The maximum Gasteiger partial charge on any atom is 0.337 e. The van der Waals surface area contributed by atoms with Gasteiger partial charge in [-0.15, -0.1) is 0 Å². The van der Waals surface area contributed by atoms with Crippen LogP contribution in [0.1, 0.15) is 20.8 Å². The molecule has 0 atom stereocenters. The van der Waals surface area contributed by atoms with Crippen LogP contribution in [0.3, 0.4) is 0 Å². The Balaban J connectivity index is 1.72. The third-order valence-corrected chi connectivity index (χ3v) is 4.10. The van der Waals surface area contributed by atoms with Gasteiger partial charge in [0.25, 0.3) is 5.91 Å². The van der Waals surface area contributed by atoms with Crippen molar-refractivity contribution in [2.45, 2.75) is 0 Å². The second-order valence-electron chi connectivity index (χ2n) is 6.38. The van der Waals surface area contributed by atoms with Crippen molar-refractivity contribution in [3.8, 4) is 0 Å². The Morgan fingerprint density at radius 1 is 0.966 bits per heavy atom. The van der Waals surface area contributed by atoms with Crippen LogP contribution in [0.15, 0.2) is 60.9 Å². The van der Waals surface area contributed by atoms with E-state index in [1.54, 1.807) is 24.3 Å². The molecule has 8 heteroatoms. The first-order valence-corrected chi connectivity index (χ1v) is 8.82. The number of hydrogen-bond donors (Lipinski definition) is 2. The Bertz CT molecular complexity index is 1020. The normalized spacial score (nSPS) is 10.2. The molecule has 2 N–H and O–H groups in total. The van der Waals surface area contributed by atoms with Crippen molar-refractivity contribution >= 4 is 34.8 Å². The number of amides is 1. The summed E-state index contributed by atoms with van der Waals surface area (Å²) in [6.45, 7) is 0. The number of hydrogen-bond acceptors (Lipinski definition) is 7. The second kappa shape index (κ2) is 8.83. The number of methoxy groups -OCH3 is 1. The van der Waals surface area contributed by atoms with Crippen LogP contribution in [0.5, 0.6) is 0 Å². The highest BCUT2D eigenvalue weighted by atomic mass is 16.5. The molecule has 0 aliphatic heterocycles. The van der Waals surface area contributed by atoms with E-state index in [0.717, 1.165) is 5.69 Å². The van der Waals surface area contributed by atoms with Crippen molar-refractivity contribution in [1.82, 2.24) is 9.97 Å². The Hall–Kier alpha value is -3.94. The largest absolute Gasteiger partial charge is 0.465 e. The maximum atomic E-state index is 12.5. The van der Waals surface area contributed by atoms with E-state index in [1.165, 1.54) is 19.5 Å². The molecule has 0 spiro atoms. The van der Waals surface area contributed by atoms with Crippen molar-refractivity contribution < 1.29 is 14.3 Å². The van der Waals surface area contributed by atoms with E-state index in [9.17, 15) is 9.59 Å². The quantitative estimate of drug-likeness (QED) is 0.622. The highest BCUT2D eigenvalue weighted by Gasteiger charge is 2.11. The number of nitrogens with one attached hydrogen (secondary N) is 2. The number of carbonyl (C=O) groups is 2. The molecule has 0 radical (unpaired) electrons. The van der Waals surface area contributed by atoms with Crippen LogP contribution in [0, 0.1) is 0 Å². The van der Waals surface area contributed by atoms with Gasteiger partial charge in [0.15, 0.2) is 0 Å². The van der Waals surface area contributed by atoms with E-state index in [0.29, 0.717) is 22.8 Å². The molecule has 0 saturated carbocycles. The van der Waals surface area contributed by atoms with Crippen LogP contribution in [0.2, 0.25) is 0 Å². The summed E-state index contributed by atoms with van der Waals surface area (Å²) in [6.07, 6.45) is 1.30. The van der Waals surface area contributed by atoms with Gasteiger partial charge >= 0.3 is 5.97 Å². The van der Waals surface area contributed by atoms with Crippen LogP contribution >= 0.6 is 0 Å². The molecule has 0 saturated heterocycles. The molecule has 1 aromatic heterocycles. The van der Waals surface area contributed by atoms with Gasteiger partial charge in [-0.25, -0.2) is 14.8 Å². The molecule has 0 fully saturated rings. The summed E-state index contributed by atoms with van der Waals surface area (Å²) in [5, 5.41) is 5.87. The SMILES string of the molecule is COC(=O)c1cccc(Nc2cc(C(=O)Nc3ccc(N(C)C)cc3)ncn2)c1. The molecule has 3 rings (SSSR count). The van der Waals surface area contributed by atoms with Gasteiger partial charge < -0.3 is 20.3 Å². The molecule has 8 nitrogen and oxygen atoms in total. The van der Waals surface area contributed by atoms with Crippen LogP contribution in [0.4, 0.5) is 22.9 Å². The molecule has 0 aliphatic rings. The van der Waals surface area contributed by atoms with Crippen LogP contribution < -0.4 is 15.5 Å². The van der Waals surface area contributed by atoms with E-state index < -0.39 is 5.97 Å². The van der Waals surface area contributed by atoms with Gasteiger partial charge in [0.2, 0.25) is 0 Å². The first-order chi connectivity index (χ1) is 14.0. The highest BCUT2D eigenvalue weighted by molar-refractivity contribution is 6.03. The summed E-state index contributed by atoms with van der Waals surface area (Å²) in [5.74, 6) is -0.358. The van der Waals surface area contributed by atoms with E-state index >= 15 is 0 Å². The predicted octanol–water partition coefficient (Wildman–Crippen LogP) is 3.33. The Labute approximate surface area is 168 Å². The zero-order chi connectivity index (χ0) is 20.8. The maximum absolute atomic E-state index is 12.5. The Morgan fingerprint density at radius 3 is 2.41 bits per heavy atom. The highest BCUT2D eigenvalue weighted by Crippen LogP contribution is 2.19. The van der Waals surface area contributed by atoms with Gasteiger partial charge in [0.05, 0.1) is 12.7 Å². The zero-order valence-electron chi connectivity index (χ0n) is 16.3. The molecule has 1 heterocycles. The molecular formula is C21H21N5O3. The summed E-state index contributed by atoms with van der Waals surface area (Å²) >= 11 is 0. The number of ether oxygens (including phenoxy) is 1. The lowest BCUT2D eigenvalue weighted by Gasteiger charge is -2.13. The van der Waals surface area contributed by atoms with E-state index in [-0.39, 0.29) is 11.6 Å². The van der Waals surface area contributed by atoms with E-state index in [1.807, 2.05) is 43.3 Å². The zero-order valence-corrected chi connectivity index (χ0v) is 16.3. The monoisotopic (exact) mass is 391 g/mol. The molecule has 0 unspecified atom stereocenters. The third-order valence-electron chi connectivity index (χ3n) is 4.10. The minimum atomic E-state index is -0.434. The molecule has 29 heavy (non-hydrogen) atoms. The van der Waals surface area contributed by atoms with Crippen molar-refractivity contribution in [2.24, 2.45) is 0 Å². The summed E-state index contributed by atoms with van der Waals surface area (Å²) in [4.78, 5) is 34.3. The summed E-state index contributed by atoms with van der Waals surface area (Å²) in [6, 6.07) is 15.8. The lowest BCUT2D eigenvalue weighted by Crippen LogP contribution is -2.14. The molecule has 0 aliphatic carbocycles. The number of anilines is 4. The van der Waals surface area contributed by atoms with Gasteiger partial charge in [0, 0.05) is 37.2 Å². The molecule has 1 amide bonds. The van der Waals surface area contributed by atoms with Gasteiger partial charge in [-0.2, -0.15) is 0 Å². The average molecular weight is 391 g/mol. The molecule has 0 bridgehead atoms. The van der Waals surface area contributed by atoms with E-state index in [2.05, 4.69) is 20.6 Å². The predicted molar refractivity (Wildman–Crippen MR) is 112 cm³/mol. The van der Waals surface area contributed by atoms with Crippen LogP contribution in [-0.4, -0.2) is 43.0 Å². The number of nitrogens with zero attached hydrogens (tertiary/aromatic N) is 3. The molecule has 148 valence electrons. The van der Waals surface area contributed by atoms with Crippen molar-refractivity contribution in [3.05, 3.63) is 72.2 Å².